The zero-order valence-electron chi connectivity index (χ0n) is 18.2. The molecule has 1 aliphatic carbocycles. The minimum Gasteiger partial charge on any atom is -0.383 e. The minimum atomic E-state index is -0.952. The maximum absolute atomic E-state index is 13.6. The highest BCUT2D eigenvalue weighted by atomic mass is 16.5. The van der Waals surface area contributed by atoms with E-state index >= 15 is 0 Å². The van der Waals surface area contributed by atoms with Crippen molar-refractivity contribution in [2.75, 3.05) is 20.3 Å². The Morgan fingerprint density at radius 1 is 1.17 bits per heavy atom. The maximum atomic E-state index is 13.6. The highest BCUT2D eigenvalue weighted by molar-refractivity contribution is 6.03. The first-order chi connectivity index (χ1) is 14.5. The molecule has 1 atom stereocenters. The van der Waals surface area contributed by atoms with Gasteiger partial charge in [-0.3, -0.25) is 9.59 Å². The number of benzene rings is 1. The molecule has 0 spiro atoms. The van der Waals surface area contributed by atoms with Crippen LogP contribution in [0.4, 0.5) is 0 Å². The number of methoxy groups -OCH3 is 1. The Morgan fingerprint density at radius 2 is 1.87 bits per heavy atom. The standard InChI is InChI=1S/C24H33N3O3/c1-24(23(29)25-19-11-6-4-3-5-7-12-19)17-26-20-13-9-8-10-18(20)16-21(26)22(28)27(24)14-15-30-2/h8-10,13,16,19H,3-7,11-12,14-15,17H2,1-2H3,(H,25,29)/t24-/m0/s1. The van der Waals surface area contributed by atoms with Crippen molar-refractivity contribution in [1.29, 1.82) is 0 Å². The average Bonchev–Trinajstić information content (AvgIpc) is 3.08. The summed E-state index contributed by atoms with van der Waals surface area (Å²) in [6.45, 7) is 3.14. The van der Waals surface area contributed by atoms with Crippen LogP contribution in [-0.4, -0.2) is 53.1 Å². The van der Waals surface area contributed by atoms with E-state index < -0.39 is 5.54 Å². The number of carbonyl (C=O) groups is 2. The third-order valence-corrected chi connectivity index (χ3v) is 6.79. The van der Waals surface area contributed by atoms with Gasteiger partial charge in [0, 0.05) is 30.6 Å². The molecule has 1 aromatic carbocycles. The van der Waals surface area contributed by atoms with Crippen LogP contribution in [0.3, 0.4) is 0 Å². The van der Waals surface area contributed by atoms with E-state index in [4.69, 9.17) is 4.74 Å². The van der Waals surface area contributed by atoms with E-state index in [9.17, 15) is 9.59 Å². The molecule has 1 aliphatic heterocycles. The molecule has 0 bridgehead atoms. The third kappa shape index (κ3) is 3.85. The molecule has 0 unspecified atom stereocenters. The Balaban J connectivity index is 1.65. The predicted molar refractivity (Wildman–Crippen MR) is 118 cm³/mol. The number of para-hydroxylation sites is 1. The van der Waals surface area contributed by atoms with Gasteiger partial charge in [0.05, 0.1) is 13.2 Å². The van der Waals surface area contributed by atoms with Crippen molar-refractivity contribution < 1.29 is 14.3 Å². The Morgan fingerprint density at radius 3 is 2.60 bits per heavy atom. The molecular weight excluding hydrogens is 378 g/mol. The first kappa shape index (κ1) is 20.9. The average molecular weight is 412 g/mol. The van der Waals surface area contributed by atoms with E-state index in [0.717, 1.165) is 36.6 Å². The number of hydrogen-bond acceptors (Lipinski definition) is 3. The predicted octanol–water partition coefficient (Wildman–Crippen LogP) is 3.73. The lowest BCUT2D eigenvalue weighted by molar-refractivity contribution is -0.134. The highest BCUT2D eigenvalue weighted by Crippen LogP contribution is 2.32. The summed E-state index contributed by atoms with van der Waals surface area (Å²) in [6.07, 6.45) is 8.11. The van der Waals surface area contributed by atoms with Gasteiger partial charge in [-0.15, -0.1) is 0 Å². The van der Waals surface area contributed by atoms with Crippen LogP contribution in [0.15, 0.2) is 30.3 Å². The second kappa shape index (κ2) is 8.80. The number of hydrogen-bond donors (Lipinski definition) is 1. The van der Waals surface area contributed by atoms with Crippen LogP contribution in [0.5, 0.6) is 0 Å². The van der Waals surface area contributed by atoms with Gasteiger partial charge in [-0.2, -0.15) is 0 Å². The zero-order chi connectivity index (χ0) is 21.1. The first-order valence-corrected chi connectivity index (χ1v) is 11.2. The quantitative estimate of drug-likeness (QED) is 0.815. The van der Waals surface area contributed by atoms with Crippen LogP contribution in [0.2, 0.25) is 0 Å². The largest absolute Gasteiger partial charge is 0.383 e. The summed E-state index contributed by atoms with van der Waals surface area (Å²) in [7, 11) is 1.62. The molecule has 2 aliphatic rings. The molecule has 0 radical (unpaired) electrons. The fourth-order valence-electron chi connectivity index (χ4n) is 4.98. The van der Waals surface area contributed by atoms with E-state index in [1.807, 2.05) is 41.8 Å². The van der Waals surface area contributed by atoms with Crippen molar-refractivity contribution in [2.24, 2.45) is 0 Å². The van der Waals surface area contributed by atoms with E-state index in [1.54, 1.807) is 12.0 Å². The summed E-state index contributed by atoms with van der Waals surface area (Å²) in [5, 5.41) is 4.33. The van der Waals surface area contributed by atoms with E-state index in [1.165, 1.54) is 19.3 Å². The molecule has 6 nitrogen and oxygen atoms in total. The minimum absolute atomic E-state index is 0.0547. The summed E-state index contributed by atoms with van der Waals surface area (Å²) in [4.78, 5) is 28.8. The topological polar surface area (TPSA) is 63.6 Å². The van der Waals surface area contributed by atoms with Crippen molar-refractivity contribution >= 4 is 22.7 Å². The van der Waals surface area contributed by atoms with Crippen molar-refractivity contribution in [1.82, 2.24) is 14.8 Å². The van der Waals surface area contributed by atoms with Gasteiger partial charge < -0.3 is 19.5 Å². The second-order valence-corrected chi connectivity index (χ2v) is 8.91. The molecule has 0 saturated heterocycles. The number of amides is 2. The molecule has 1 saturated carbocycles. The molecule has 2 aromatic rings. The Bertz CT molecular complexity index is 914. The number of aromatic nitrogens is 1. The fraction of sp³-hybridized carbons (Fsp3) is 0.583. The second-order valence-electron chi connectivity index (χ2n) is 8.91. The third-order valence-electron chi connectivity index (χ3n) is 6.79. The van der Waals surface area contributed by atoms with Gasteiger partial charge in [0.15, 0.2) is 0 Å². The molecular formula is C24H33N3O3. The van der Waals surface area contributed by atoms with Crippen LogP contribution < -0.4 is 5.32 Å². The smallest absolute Gasteiger partial charge is 0.271 e. The molecule has 2 amide bonds. The van der Waals surface area contributed by atoms with Crippen LogP contribution in [0.25, 0.3) is 10.9 Å². The summed E-state index contributed by atoms with van der Waals surface area (Å²) in [6, 6.07) is 10.1. The summed E-state index contributed by atoms with van der Waals surface area (Å²) >= 11 is 0. The van der Waals surface area contributed by atoms with Gasteiger partial charge in [-0.1, -0.05) is 50.3 Å². The zero-order valence-corrected chi connectivity index (χ0v) is 18.2. The number of ether oxygens (including phenoxy) is 1. The van der Waals surface area contributed by atoms with Crippen molar-refractivity contribution in [3.8, 4) is 0 Å². The van der Waals surface area contributed by atoms with Crippen molar-refractivity contribution in [2.45, 2.75) is 70.0 Å². The summed E-state index contributed by atoms with van der Waals surface area (Å²) in [5.41, 5.74) is 0.688. The molecule has 4 rings (SSSR count). The number of nitrogens with zero attached hydrogens (tertiary/aromatic N) is 2. The fourth-order valence-corrected chi connectivity index (χ4v) is 4.98. The first-order valence-electron chi connectivity index (χ1n) is 11.2. The van der Waals surface area contributed by atoms with Gasteiger partial charge in [0.2, 0.25) is 5.91 Å². The van der Waals surface area contributed by atoms with Gasteiger partial charge >= 0.3 is 0 Å². The molecule has 2 heterocycles. The Kier molecular flexibility index (Phi) is 6.14. The molecule has 30 heavy (non-hydrogen) atoms. The summed E-state index contributed by atoms with van der Waals surface area (Å²) in [5.74, 6) is -0.161. The molecule has 1 aromatic heterocycles. The highest BCUT2D eigenvalue weighted by Gasteiger charge is 2.47. The van der Waals surface area contributed by atoms with Gasteiger partial charge in [-0.25, -0.2) is 0 Å². The SMILES string of the molecule is COCCN1C(=O)c2cc3ccccc3n2C[C@@]1(C)C(=O)NC1CCCCCCC1. The maximum Gasteiger partial charge on any atom is 0.271 e. The number of fused-ring (bicyclic) bond motifs is 3. The van der Waals surface area contributed by atoms with Crippen molar-refractivity contribution in [3.05, 3.63) is 36.0 Å². The van der Waals surface area contributed by atoms with Crippen LogP contribution in [-0.2, 0) is 16.1 Å². The monoisotopic (exact) mass is 411 g/mol. The van der Waals surface area contributed by atoms with Crippen LogP contribution in [0, 0.1) is 0 Å². The van der Waals surface area contributed by atoms with Crippen LogP contribution in [0.1, 0.15) is 62.4 Å². The van der Waals surface area contributed by atoms with Gasteiger partial charge in [0.25, 0.3) is 5.91 Å². The Labute approximate surface area is 178 Å². The Hall–Kier alpha value is -2.34. The van der Waals surface area contributed by atoms with E-state index in [0.29, 0.717) is 25.4 Å². The molecule has 162 valence electrons. The summed E-state index contributed by atoms with van der Waals surface area (Å²) < 4.78 is 7.27. The molecule has 6 heteroatoms. The lowest BCUT2D eigenvalue weighted by atomic mass is 9.92. The van der Waals surface area contributed by atoms with Crippen LogP contribution >= 0.6 is 0 Å². The molecule has 1 N–H and O–H groups in total. The molecule has 1 fully saturated rings. The van der Waals surface area contributed by atoms with Crippen molar-refractivity contribution in [3.63, 3.8) is 0 Å². The number of carbonyl (C=O) groups excluding carboxylic acids is 2. The number of rotatable bonds is 5. The normalized spacial score (nSPS) is 23.1. The lowest BCUT2D eigenvalue weighted by Crippen LogP contribution is -2.65. The van der Waals surface area contributed by atoms with Gasteiger partial charge in [0.1, 0.15) is 11.2 Å². The lowest BCUT2D eigenvalue weighted by Gasteiger charge is -2.44. The number of nitrogens with one attached hydrogen (secondary N) is 1. The van der Waals surface area contributed by atoms with E-state index in [-0.39, 0.29) is 17.9 Å². The van der Waals surface area contributed by atoms with E-state index in [2.05, 4.69) is 5.32 Å². The van der Waals surface area contributed by atoms with Gasteiger partial charge in [-0.05, 0) is 31.9 Å².